The molecule has 2 rings (SSSR count). The molecule has 0 radical (unpaired) electrons. The lowest BCUT2D eigenvalue weighted by molar-refractivity contribution is -0.137. The molecule has 0 saturated carbocycles. The maximum Gasteiger partial charge on any atom is 0.416 e. The molecule has 0 aliphatic heterocycles. The van der Waals surface area contributed by atoms with Gasteiger partial charge in [-0.05, 0) is 26.0 Å². The summed E-state index contributed by atoms with van der Waals surface area (Å²) in [4.78, 5) is 9.14. The third kappa shape index (κ3) is 3.44. The van der Waals surface area contributed by atoms with Crippen LogP contribution >= 0.6 is 11.3 Å². The summed E-state index contributed by atoms with van der Waals surface area (Å²) < 4.78 is 37.7. The van der Waals surface area contributed by atoms with E-state index in [1.165, 1.54) is 11.3 Å². The van der Waals surface area contributed by atoms with E-state index in [1.54, 1.807) is 6.20 Å². The summed E-state index contributed by atoms with van der Waals surface area (Å²) in [5, 5.41) is 3.74. The van der Waals surface area contributed by atoms with Gasteiger partial charge < -0.3 is 5.32 Å². The molecule has 7 heteroatoms. The van der Waals surface area contributed by atoms with Gasteiger partial charge in [0.2, 0.25) is 0 Å². The zero-order valence-corrected chi connectivity index (χ0v) is 11.1. The molecule has 0 spiro atoms. The van der Waals surface area contributed by atoms with E-state index >= 15 is 0 Å². The predicted molar refractivity (Wildman–Crippen MR) is 68.1 cm³/mol. The lowest BCUT2D eigenvalue weighted by atomic mass is 10.2. The average Bonchev–Trinajstić information content (AvgIpc) is 2.75. The largest absolute Gasteiger partial charge is 0.416 e. The zero-order chi connectivity index (χ0) is 14.0. The highest BCUT2D eigenvalue weighted by Crippen LogP contribution is 2.31. The van der Waals surface area contributed by atoms with Gasteiger partial charge in [0.1, 0.15) is 10.8 Å². The van der Waals surface area contributed by atoms with E-state index in [4.69, 9.17) is 0 Å². The summed E-state index contributed by atoms with van der Waals surface area (Å²) in [5.74, 6) is 0.190. The minimum absolute atomic E-state index is 0.185. The third-order valence-corrected chi connectivity index (χ3v) is 3.56. The second-order valence-corrected chi connectivity index (χ2v) is 5.37. The number of anilines is 1. The second kappa shape index (κ2) is 5.16. The number of nitrogens with one attached hydrogen (secondary N) is 1. The van der Waals surface area contributed by atoms with Crippen LogP contribution in [0.1, 0.15) is 28.4 Å². The van der Waals surface area contributed by atoms with Crippen LogP contribution in [0.5, 0.6) is 0 Å². The van der Waals surface area contributed by atoms with Crippen LogP contribution in [0.4, 0.5) is 19.0 Å². The highest BCUT2D eigenvalue weighted by Gasteiger charge is 2.30. The molecule has 2 heterocycles. The van der Waals surface area contributed by atoms with E-state index < -0.39 is 11.7 Å². The number of pyridine rings is 1. The number of rotatable bonds is 3. The van der Waals surface area contributed by atoms with E-state index in [2.05, 4.69) is 15.3 Å². The van der Waals surface area contributed by atoms with Gasteiger partial charge in [-0.25, -0.2) is 9.97 Å². The summed E-state index contributed by atoms with van der Waals surface area (Å²) in [6.45, 7) is 3.76. The molecule has 0 aliphatic rings. The first-order chi connectivity index (χ1) is 8.86. The molecule has 3 nitrogen and oxygen atoms in total. The number of halogens is 3. The molecule has 0 aromatic carbocycles. The number of hydrogen-bond acceptors (Lipinski definition) is 4. The quantitative estimate of drug-likeness (QED) is 0.925. The first kappa shape index (κ1) is 13.8. The molecular formula is C12H12F3N3S. The Labute approximate surface area is 112 Å². The molecule has 0 saturated heterocycles. The average molecular weight is 287 g/mol. The fraction of sp³-hybridized carbons (Fsp3) is 0.333. The van der Waals surface area contributed by atoms with E-state index in [0.717, 1.165) is 28.2 Å². The Morgan fingerprint density at radius 3 is 2.63 bits per heavy atom. The zero-order valence-electron chi connectivity index (χ0n) is 10.3. The fourth-order valence-electron chi connectivity index (χ4n) is 1.54. The van der Waals surface area contributed by atoms with Crippen molar-refractivity contribution in [2.45, 2.75) is 26.1 Å². The number of alkyl halides is 3. The monoisotopic (exact) mass is 287 g/mol. The highest BCUT2D eigenvalue weighted by atomic mass is 32.1. The van der Waals surface area contributed by atoms with Crippen LogP contribution in [0, 0.1) is 6.92 Å². The number of nitrogens with zero attached hydrogens (tertiary/aromatic N) is 2. The summed E-state index contributed by atoms with van der Waals surface area (Å²) in [7, 11) is 0. The topological polar surface area (TPSA) is 37.8 Å². The van der Waals surface area contributed by atoms with Crippen LogP contribution in [0.3, 0.4) is 0 Å². The summed E-state index contributed by atoms with van der Waals surface area (Å²) in [5.41, 5.74) is -0.715. The molecule has 0 fully saturated rings. The Hall–Kier alpha value is -1.63. The van der Waals surface area contributed by atoms with Gasteiger partial charge in [-0.2, -0.15) is 13.2 Å². The molecule has 2 aromatic heterocycles. The van der Waals surface area contributed by atoms with Gasteiger partial charge in [-0.15, -0.1) is 11.3 Å². The van der Waals surface area contributed by atoms with Gasteiger partial charge >= 0.3 is 6.18 Å². The maximum atomic E-state index is 12.6. The summed E-state index contributed by atoms with van der Waals surface area (Å²) in [6, 6.07) is 1.76. The molecule has 102 valence electrons. The van der Waals surface area contributed by atoms with Crippen LogP contribution < -0.4 is 5.32 Å². The normalized spacial score (nSPS) is 13.3. The minimum atomic E-state index is -4.36. The number of thiazole rings is 1. The maximum absolute atomic E-state index is 12.6. The molecule has 0 amide bonds. The van der Waals surface area contributed by atoms with Crippen molar-refractivity contribution in [2.75, 3.05) is 5.32 Å². The molecule has 1 N–H and O–H groups in total. The van der Waals surface area contributed by atoms with Crippen molar-refractivity contribution in [3.05, 3.63) is 40.0 Å². The van der Waals surface area contributed by atoms with Crippen molar-refractivity contribution >= 4 is 17.2 Å². The van der Waals surface area contributed by atoms with Crippen molar-refractivity contribution in [2.24, 2.45) is 0 Å². The number of aryl methyl sites for hydroxylation is 1. The van der Waals surface area contributed by atoms with Gasteiger partial charge in [0, 0.05) is 17.3 Å². The second-order valence-electron chi connectivity index (χ2n) is 4.10. The van der Waals surface area contributed by atoms with Gasteiger partial charge in [-0.1, -0.05) is 0 Å². The number of aromatic nitrogens is 2. The van der Waals surface area contributed by atoms with Crippen molar-refractivity contribution < 1.29 is 13.2 Å². The lowest BCUT2D eigenvalue weighted by Crippen LogP contribution is -2.10. The van der Waals surface area contributed by atoms with E-state index in [-0.39, 0.29) is 11.9 Å². The molecule has 19 heavy (non-hydrogen) atoms. The Kier molecular flexibility index (Phi) is 3.75. The van der Waals surface area contributed by atoms with Crippen molar-refractivity contribution in [3.8, 4) is 0 Å². The first-order valence-corrected chi connectivity index (χ1v) is 6.40. The van der Waals surface area contributed by atoms with E-state index in [9.17, 15) is 13.2 Å². The van der Waals surface area contributed by atoms with Crippen molar-refractivity contribution in [1.82, 2.24) is 9.97 Å². The molecule has 2 aromatic rings. The Bertz CT molecular complexity index is 565. The third-order valence-electron chi connectivity index (χ3n) is 2.46. The van der Waals surface area contributed by atoms with Crippen LogP contribution in [0.15, 0.2) is 24.5 Å². The van der Waals surface area contributed by atoms with E-state index in [1.807, 2.05) is 13.8 Å². The summed E-state index contributed by atoms with van der Waals surface area (Å²) in [6.07, 6.45) is -1.48. The fourth-order valence-corrected chi connectivity index (χ4v) is 2.32. The molecule has 0 bridgehead atoms. The molecule has 0 aliphatic carbocycles. The van der Waals surface area contributed by atoms with E-state index in [0.29, 0.717) is 0 Å². The van der Waals surface area contributed by atoms with Crippen molar-refractivity contribution in [3.63, 3.8) is 0 Å². The smallest absolute Gasteiger partial charge is 0.361 e. The van der Waals surface area contributed by atoms with Gasteiger partial charge in [0.25, 0.3) is 0 Å². The van der Waals surface area contributed by atoms with Gasteiger partial charge in [-0.3, -0.25) is 0 Å². The first-order valence-electron chi connectivity index (χ1n) is 5.58. The standard InChI is InChI=1S/C12H12F3N3S/c1-7-6-17-11(19-7)8(2)18-10-5-9(3-4-16-10)12(13,14)15/h3-6,8H,1-2H3,(H,16,18). The number of hydrogen-bond donors (Lipinski definition) is 1. The summed E-state index contributed by atoms with van der Waals surface area (Å²) >= 11 is 1.50. The van der Waals surface area contributed by atoms with Gasteiger partial charge in [0.15, 0.2) is 0 Å². The predicted octanol–water partition coefficient (Wildman–Crippen LogP) is 4.04. The SMILES string of the molecule is Cc1cnc(C(C)Nc2cc(C(F)(F)F)ccn2)s1. The minimum Gasteiger partial charge on any atom is -0.361 e. The molecule has 1 unspecified atom stereocenters. The van der Waals surface area contributed by atoms with Gasteiger partial charge in [0.05, 0.1) is 11.6 Å². The Morgan fingerprint density at radius 2 is 2.05 bits per heavy atom. The Balaban J connectivity index is 2.15. The van der Waals surface area contributed by atoms with Crippen LogP contribution in [-0.4, -0.2) is 9.97 Å². The van der Waals surface area contributed by atoms with Crippen molar-refractivity contribution in [1.29, 1.82) is 0 Å². The lowest BCUT2D eigenvalue weighted by Gasteiger charge is -2.13. The molecular weight excluding hydrogens is 275 g/mol. The van der Waals surface area contributed by atoms with Crippen LogP contribution in [0.2, 0.25) is 0 Å². The Morgan fingerprint density at radius 1 is 1.32 bits per heavy atom. The van der Waals surface area contributed by atoms with Crippen LogP contribution in [0.25, 0.3) is 0 Å². The highest BCUT2D eigenvalue weighted by molar-refractivity contribution is 7.11. The van der Waals surface area contributed by atoms with Crippen LogP contribution in [-0.2, 0) is 6.18 Å². The molecule has 1 atom stereocenters.